The number of anilines is 2. The van der Waals surface area contributed by atoms with E-state index in [9.17, 15) is 48.3 Å². The van der Waals surface area contributed by atoms with Gasteiger partial charge in [0.05, 0.1) is 88.0 Å². The van der Waals surface area contributed by atoms with Crippen molar-refractivity contribution < 1.29 is 76.7 Å². The van der Waals surface area contributed by atoms with Crippen molar-refractivity contribution in [2.45, 2.75) is 142 Å². The minimum atomic E-state index is -1.48. The Kier molecular flexibility index (Phi) is 22.2. The van der Waals surface area contributed by atoms with Crippen LogP contribution in [0.15, 0.2) is 128 Å². The van der Waals surface area contributed by atoms with Gasteiger partial charge in [0.25, 0.3) is 11.8 Å². The summed E-state index contributed by atoms with van der Waals surface area (Å²) in [5, 5.41) is 19.5. The Morgan fingerprint density at radius 3 is 2.09 bits per heavy atom. The number of ether oxygens (including phenoxy) is 6. The monoisotopic (exact) mass is 1460 g/mol. The Balaban J connectivity index is 0.569. The molecular weight excluding hydrogens is 1370 g/mol. The highest BCUT2D eigenvalue weighted by Crippen LogP contribution is 2.57. The van der Waals surface area contributed by atoms with Gasteiger partial charge in [0.2, 0.25) is 17.7 Å². The number of aliphatic hydroxyl groups excluding tert-OH is 1. The van der Waals surface area contributed by atoms with Crippen LogP contribution in [0.2, 0.25) is 0 Å². The Morgan fingerprint density at radius 2 is 1.38 bits per heavy atom. The van der Waals surface area contributed by atoms with Gasteiger partial charge in [0.1, 0.15) is 18.1 Å². The molecule has 1 spiro atoms. The summed E-state index contributed by atoms with van der Waals surface area (Å²) in [6, 6.07) is 35.1. The lowest BCUT2D eigenvalue weighted by atomic mass is 9.89. The number of hydrogen-bond acceptors (Lipinski definition) is 19. The number of carbonyl (C=O) groups excluding carboxylic acids is 9. The molecule has 7 aliphatic rings. The second-order valence-electron chi connectivity index (χ2n) is 29.0. The summed E-state index contributed by atoms with van der Waals surface area (Å²) in [6.45, 7) is 5.57. The van der Waals surface area contributed by atoms with Crippen LogP contribution in [-0.4, -0.2) is 152 Å². The smallest absolute Gasteiger partial charge is 0.416 e. The van der Waals surface area contributed by atoms with Crippen molar-refractivity contribution in [1.29, 1.82) is 0 Å². The number of ketones is 3. The van der Waals surface area contributed by atoms with E-state index < -0.39 is 47.9 Å². The lowest BCUT2D eigenvalue weighted by Crippen LogP contribution is -2.50. The summed E-state index contributed by atoms with van der Waals surface area (Å²) in [5.41, 5.74) is 16.4. The van der Waals surface area contributed by atoms with Gasteiger partial charge in [0, 0.05) is 99.5 Å². The Labute approximate surface area is 621 Å². The van der Waals surface area contributed by atoms with Gasteiger partial charge in [-0.15, -0.1) is 5.53 Å². The SMILES string of the molecule is COc1ccc(C2=CN3C(=O)c4cc(OC)c(OCCCOc5cc6c(cc5OC)C(=O)N5CC7(CC7)C[C@H]5C(O)N6C(=O)OCc5ccc(CC(=O)[C@H](C)NC(=O)[C@@H](CC(=O)CNC(=O)CCC(=O)CCC(=O)N6Cc7ccccc7C7=C(NNN7C)c7ccccc76)C(C)C)cc5)cc4CC[C@@H]3C2)cc1. The van der Waals surface area contributed by atoms with Gasteiger partial charge in [0.15, 0.2) is 40.8 Å². The molecular formula is C82H91N9O16. The second kappa shape index (κ2) is 32.0. The van der Waals surface area contributed by atoms with Crippen molar-refractivity contribution in [2.24, 2.45) is 17.3 Å². The fourth-order valence-electron chi connectivity index (χ4n) is 15.2. The Morgan fingerprint density at radius 1 is 0.701 bits per heavy atom. The van der Waals surface area contributed by atoms with Crippen molar-refractivity contribution in [2.75, 3.05) is 64.5 Å². The van der Waals surface area contributed by atoms with Crippen molar-refractivity contribution in [3.63, 3.8) is 0 Å². The molecule has 13 rings (SSSR count). The number of amides is 6. The summed E-state index contributed by atoms with van der Waals surface area (Å²) in [7, 11) is 6.53. The van der Waals surface area contributed by atoms with Gasteiger partial charge < -0.3 is 64.3 Å². The number of para-hydroxylation sites is 1. The van der Waals surface area contributed by atoms with Crippen LogP contribution in [-0.2, 0) is 59.5 Å². The minimum absolute atomic E-state index is 0.00635. The van der Waals surface area contributed by atoms with Crippen LogP contribution in [0.5, 0.6) is 28.7 Å². The molecule has 6 aliphatic heterocycles. The maximum absolute atomic E-state index is 14.5. The molecule has 0 bridgehead atoms. The van der Waals surface area contributed by atoms with Gasteiger partial charge >= 0.3 is 6.09 Å². The molecule has 25 nitrogen and oxygen atoms in total. The maximum atomic E-state index is 14.5. The number of hydrogen-bond donors (Lipinski definition) is 5. The van der Waals surface area contributed by atoms with Crippen LogP contribution in [0.1, 0.15) is 151 Å². The van der Waals surface area contributed by atoms with Crippen molar-refractivity contribution >= 4 is 81.3 Å². The van der Waals surface area contributed by atoms with Crippen LogP contribution in [0.25, 0.3) is 17.0 Å². The van der Waals surface area contributed by atoms with E-state index in [4.69, 9.17) is 28.4 Å². The molecule has 1 saturated carbocycles. The zero-order valence-electron chi connectivity index (χ0n) is 61.3. The highest BCUT2D eigenvalue weighted by Gasteiger charge is 2.58. The first kappa shape index (κ1) is 74.2. The fraction of sp³-hybridized carbons (Fsp3) is 0.402. The third-order valence-corrected chi connectivity index (χ3v) is 21.6. The average molecular weight is 1460 g/mol. The van der Waals surface area contributed by atoms with E-state index in [2.05, 4.69) is 21.6 Å². The van der Waals surface area contributed by atoms with E-state index >= 15 is 0 Å². The number of nitrogens with zero attached hydrogens (tertiary/aromatic N) is 5. The molecule has 6 aromatic carbocycles. The molecule has 0 radical (unpaired) electrons. The van der Waals surface area contributed by atoms with E-state index in [1.54, 1.807) is 68.0 Å². The number of rotatable bonds is 28. The Bertz CT molecular complexity index is 4530. The van der Waals surface area contributed by atoms with E-state index in [0.29, 0.717) is 59.7 Å². The van der Waals surface area contributed by atoms with Crippen LogP contribution >= 0.6 is 0 Å². The summed E-state index contributed by atoms with van der Waals surface area (Å²) in [4.78, 5) is 130. The molecule has 5 N–H and O–H groups in total. The standard InChI is InChI=1S/C82H91N9O16/c1-48(2)62(38-58(93)43-83-73(95)29-25-57(92)26-30-74(96)89-44-54-13-8-9-14-60(54)76-75(85-86-87(76)4)61-15-10-11-16-65(61)89)77(97)84-49(3)68(94)35-50-17-19-51(20-18-50)46-107-81(101)91-66-41-72(70(104-7)40-64(66)79(99)90-47-82(31-32-82)42-67(90)80(91)100)106-34-12-33-105-71-37-53-21-24-56-36-55(52-22-27-59(102-5)28-23-52)45-88(56)78(98)63(53)39-69(71)103-6/h8-11,13-20,22-23,27-28,37,39-41,45,48-49,56,62,67,80,85-86,100H,12,21,24-26,29-36,38,42-44,46-47H2,1-7H3,(H,83,95)(H,84,97)/t49-,56+,62-,67-,80?/m0/s1. The molecule has 5 atom stereocenters. The highest BCUT2D eigenvalue weighted by atomic mass is 16.6. The van der Waals surface area contributed by atoms with Crippen LogP contribution in [0.4, 0.5) is 16.2 Å². The molecule has 107 heavy (non-hydrogen) atoms. The van der Waals surface area contributed by atoms with Gasteiger partial charge in [-0.2, -0.15) is 0 Å². The molecule has 2 fully saturated rings. The molecule has 6 aromatic rings. The van der Waals surface area contributed by atoms with Gasteiger partial charge in [-0.1, -0.05) is 92.7 Å². The average Bonchev–Trinajstić information content (AvgIpc) is 1.57. The predicted molar refractivity (Wildman–Crippen MR) is 397 cm³/mol. The summed E-state index contributed by atoms with van der Waals surface area (Å²) in [5.74, 6) is -1.74. The van der Waals surface area contributed by atoms with E-state index in [0.717, 1.165) is 81.1 Å². The predicted octanol–water partition coefficient (Wildman–Crippen LogP) is 9.65. The minimum Gasteiger partial charge on any atom is -0.497 e. The fourth-order valence-corrected chi connectivity index (χ4v) is 15.2. The molecule has 0 aromatic heterocycles. The van der Waals surface area contributed by atoms with Gasteiger partial charge in [-0.25, -0.2) is 9.69 Å². The lowest BCUT2D eigenvalue weighted by molar-refractivity contribution is -0.133. The molecule has 6 amide bonds. The summed E-state index contributed by atoms with van der Waals surface area (Å²) in [6.07, 6.45) is 3.64. The number of aliphatic hydroxyl groups is 1. The molecule has 560 valence electrons. The van der Waals surface area contributed by atoms with Crippen molar-refractivity contribution in [3.8, 4) is 28.7 Å². The number of aryl methyl sites for hydroxylation is 1. The van der Waals surface area contributed by atoms with E-state index in [1.807, 2.05) is 102 Å². The van der Waals surface area contributed by atoms with Crippen LogP contribution < -0.4 is 55.1 Å². The summed E-state index contributed by atoms with van der Waals surface area (Å²) >= 11 is 0. The van der Waals surface area contributed by atoms with Crippen LogP contribution in [0.3, 0.4) is 0 Å². The third kappa shape index (κ3) is 16.1. The molecule has 1 unspecified atom stereocenters. The number of nitrogens with one attached hydrogen (secondary N) is 4. The number of benzene rings is 6. The van der Waals surface area contributed by atoms with Crippen LogP contribution in [0, 0.1) is 17.3 Å². The topological polar surface area (TPSA) is 294 Å². The van der Waals surface area contributed by atoms with Gasteiger partial charge in [-0.3, -0.25) is 43.4 Å². The second-order valence-corrected chi connectivity index (χ2v) is 29.0. The molecule has 25 heteroatoms. The first-order valence-corrected chi connectivity index (χ1v) is 36.6. The molecule has 1 aliphatic carbocycles. The first-order valence-electron chi connectivity index (χ1n) is 36.6. The third-order valence-electron chi connectivity index (χ3n) is 21.6. The van der Waals surface area contributed by atoms with E-state index in [1.165, 1.54) is 26.4 Å². The quantitative estimate of drug-likeness (QED) is 0.0286. The zero-order valence-corrected chi connectivity index (χ0v) is 61.3. The molecule has 1 saturated heterocycles. The maximum Gasteiger partial charge on any atom is 0.416 e. The number of Topliss-reactive ketones (excluding diaryl/α,β-unsaturated/α-hetero) is 3. The van der Waals surface area contributed by atoms with Crippen molar-refractivity contribution in [1.82, 2.24) is 36.4 Å². The van der Waals surface area contributed by atoms with Gasteiger partial charge in [-0.05, 0) is 127 Å². The highest BCUT2D eigenvalue weighted by molar-refractivity contribution is 6.07. The largest absolute Gasteiger partial charge is 0.497 e. The number of fused-ring (bicyclic) bond motifs is 8. The van der Waals surface area contributed by atoms with E-state index in [-0.39, 0.29) is 141 Å². The number of methoxy groups -OCH3 is 3. The lowest BCUT2D eigenvalue weighted by Gasteiger charge is -2.31. The summed E-state index contributed by atoms with van der Waals surface area (Å²) < 4.78 is 35.4. The molecule has 6 heterocycles. The first-order chi connectivity index (χ1) is 51.6. The van der Waals surface area contributed by atoms with Crippen molar-refractivity contribution in [3.05, 3.63) is 178 Å². The Hall–Kier alpha value is -11.1. The number of carbonyl (C=O) groups is 9. The normalized spacial score (nSPS) is 18.5. The number of hydrazine groups is 2. The zero-order chi connectivity index (χ0) is 75.4.